The Morgan fingerprint density at radius 1 is 1.12 bits per heavy atom. The number of fused-ring (bicyclic) bond motifs is 1. The first-order valence-corrected chi connectivity index (χ1v) is 8.28. The largest absolute Gasteiger partial charge is 0.486 e. The van der Waals surface area contributed by atoms with E-state index in [0.717, 1.165) is 5.56 Å². The number of rotatable bonds is 4. The van der Waals surface area contributed by atoms with Crippen LogP contribution in [0.25, 0.3) is 0 Å². The zero-order valence-corrected chi connectivity index (χ0v) is 14.4. The maximum absolute atomic E-state index is 13.0. The van der Waals surface area contributed by atoms with Crippen LogP contribution < -0.4 is 9.47 Å². The van der Waals surface area contributed by atoms with Crippen molar-refractivity contribution in [1.29, 1.82) is 5.26 Å². The number of nitrogens with zero attached hydrogens (tertiary/aromatic N) is 2. The molecule has 1 amide bonds. The van der Waals surface area contributed by atoms with Gasteiger partial charge in [-0.1, -0.05) is 12.1 Å². The summed E-state index contributed by atoms with van der Waals surface area (Å²) in [7, 11) is 0. The van der Waals surface area contributed by atoms with Crippen molar-refractivity contribution in [2.75, 3.05) is 13.2 Å². The topological polar surface area (TPSA) is 62.6 Å². The van der Waals surface area contributed by atoms with Crippen molar-refractivity contribution in [3.63, 3.8) is 0 Å². The van der Waals surface area contributed by atoms with Crippen LogP contribution in [0.15, 0.2) is 42.5 Å². The van der Waals surface area contributed by atoms with Crippen LogP contribution in [0.4, 0.5) is 0 Å². The maximum Gasteiger partial charge on any atom is 0.254 e. The van der Waals surface area contributed by atoms with Gasteiger partial charge in [-0.15, -0.1) is 0 Å². The maximum atomic E-state index is 13.0. The second kappa shape index (κ2) is 7.27. The minimum Gasteiger partial charge on any atom is -0.486 e. The van der Waals surface area contributed by atoms with Gasteiger partial charge in [-0.3, -0.25) is 4.79 Å². The Morgan fingerprint density at radius 3 is 2.44 bits per heavy atom. The Kier molecular flexibility index (Phi) is 4.90. The van der Waals surface area contributed by atoms with E-state index in [1.807, 2.05) is 26.0 Å². The highest BCUT2D eigenvalue weighted by Crippen LogP contribution is 2.31. The third-order valence-corrected chi connectivity index (χ3v) is 4.11. The molecule has 2 aromatic rings. The lowest BCUT2D eigenvalue weighted by Crippen LogP contribution is -2.36. The van der Waals surface area contributed by atoms with E-state index in [1.165, 1.54) is 0 Å². The van der Waals surface area contributed by atoms with Gasteiger partial charge in [0, 0.05) is 18.2 Å². The molecule has 0 fully saturated rings. The van der Waals surface area contributed by atoms with Crippen molar-refractivity contribution < 1.29 is 14.3 Å². The minimum atomic E-state index is -0.0590. The summed E-state index contributed by atoms with van der Waals surface area (Å²) in [6.45, 7) is 5.47. The fourth-order valence-corrected chi connectivity index (χ4v) is 2.71. The molecular weight excluding hydrogens is 316 g/mol. The van der Waals surface area contributed by atoms with E-state index >= 15 is 0 Å². The Hall–Kier alpha value is -3.00. The summed E-state index contributed by atoms with van der Waals surface area (Å²) in [6.07, 6.45) is 0. The molecule has 128 valence electrons. The number of hydrogen-bond donors (Lipinski definition) is 0. The highest BCUT2D eigenvalue weighted by Gasteiger charge is 2.21. The van der Waals surface area contributed by atoms with Crippen LogP contribution in [0, 0.1) is 11.3 Å². The van der Waals surface area contributed by atoms with E-state index in [4.69, 9.17) is 14.7 Å². The van der Waals surface area contributed by atoms with Gasteiger partial charge in [0.2, 0.25) is 0 Å². The molecule has 1 aliphatic heterocycles. The Bertz CT molecular complexity index is 807. The van der Waals surface area contributed by atoms with Crippen LogP contribution >= 0.6 is 0 Å². The molecule has 3 rings (SSSR count). The van der Waals surface area contributed by atoms with Gasteiger partial charge in [-0.2, -0.15) is 5.26 Å². The summed E-state index contributed by atoms with van der Waals surface area (Å²) in [5, 5.41) is 8.90. The molecular formula is C20H20N2O3. The minimum absolute atomic E-state index is 0.0383. The first kappa shape index (κ1) is 16.8. The number of ether oxygens (including phenoxy) is 2. The van der Waals surface area contributed by atoms with Crippen LogP contribution in [0.5, 0.6) is 11.5 Å². The predicted molar refractivity (Wildman–Crippen MR) is 93.6 cm³/mol. The Labute approximate surface area is 147 Å². The standard InChI is InChI=1S/C20H20N2O3/c1-14(2)22(13-16-5-3-15(12-21)4-6-16)20(23)17-7-8-18-19(11-17)25-10-9-24-18/h3-8,11,14H,9-10,13H2,1-2H3. The third kappa shape index (κ3) is 3.74. The Morgan fingerprint density at radius 2 is 1.80 bits per heavy atom. The first-order valence-electron chi connectivity index (χ1n) is 8.28. The van der Waals surface area contributed by atoms with E-state index in [2.05, 4.69) is 6.07 Å². The zero-order chi connectivity index (χ0) is 17.8. The fourth-order valence-electron chi connectivity index (χ4n) is 2.71. The molecule has 0 aromatic heterocycles. The molecule has 0 spiro atoms. The summed E-state index contributed by atoms with van der Waals surface area (Å²) in [5.41, 5.74) is 2.17. The molecule has 0 bridgehead atoms. The molecule has 5 nitrogen and oxygen atoms in total. The lowest BCUT2D eigenvalue weighted by Gasteiger charge is -2.27. The van der Waals surface area contributed by atoms with Crippen molar-refractivity contribution in [2.24, 2.45) is 0 Å². The van der Waals surface area contributed by atoms with Gasteiger partial charge in [0.1, 0.15) is 13.2 Å². The van der Waals surface area contributed by atoms with Crippen molar-refractivity contribution in [1.82, 2.24) is 4.90 Å². The second-order valence-corrected chi connectivity index (χ2v) is 6.19. The number of carbonyl (C=O) groups is 1. The van der Waals surface area contributed by atoms with E-state index < -0.39 is 0 Å². The molecule has 0 saturated carbocycles. The average Bonchev–Trinajstić information content (AvgIpc) is 2.65. The normalized spacial score (nSPS) is 12.6. The fraction of sp³-hybridized carbons (Fsp3) is 0.300. The summed E-state index contributed by atoms with van der Waals surface area (Å²) >= 11 is 0. The molecule has 5 heteroatoms. The predicted octanol–water partition coefficient (Wildman–Crippen LogP) is 3.38. The zero-order valence-electron chi connectivity index (χ0n) is 14.4. The summed E-state index contributed by atoms with van der Waals surface area (Å²) in [6, 6.07) is 14.7. The molecule has 2 aromatic carbocycles. The van der Waals surface area contributed by atoms with Crippen LogP contribution in [0.1, 0.15) is 35.3 Å². The number of amides is 1. The number of carbonyl (C=O) groups excluding carboxylic acids is 1. The summed E-state index contributed by atoms with van der Waals surface area (Å²) in [5.74, 6) is 1.22. The second-order valence-electron chi connectivity index (χ2n) is 6.19. The average molecular weight is 336 g/mol. The molecule has 0 atom stereocenters. The van der Waals surface area contributed by atoms with E-state index in [-0.39, 0.29) is 11.9 Å². The van der Waals surface area contributed by atoms with Crippen molar-refractivity contribution in [2.45, 2.75) is 26.4 Å². The molecule has 1 heterocycles. The van der Waals surface area contributed by atoms with Gasteiger partial charge in [0.15, 0.2) is 11.5 Å². The number of nitriles is 1. The van der Waals surface area contributed by atoms with Crippen LogP contribution in [-0.2, 0) is 6.54 Å². The van der Waals surface area contributed by atoms with Crippen LogP contribution in [0.2, 0.25) is 0 Å². The monoisotopic (exact) mass is 336 g/mol. The molecule has 1 aliphatic rings. The number of hydrogen-bond acceptors (Lipinski definition) is 4. The molecule has 0 saturated heterocycles. The highest BCUT2D eigenvalue weighted by atomic mass is 16.6. The molecule has 25 heavy (non-hydrogen) atoms. The van der Waals surface area contributed by atoms with Gasteiger partial charge in [0.25, 0.3) is 5.91 Å². The Balaban J connectivity index is 1.82. The van der Waals surface area contributed by atoms with Crippen molar-refractivity contribution in [3.05, 3.63) is 59.2 Å². The SMILES string of the molecule is CC(C)N(Cc1ccc(C#N)cc1)C(=O)c1ccc2c(c1)OCCO2. The molecule has 0 N–H and O–H groups in total. The first-order chi connectivity index (χ1) is 12.1. The number of benzene rings is 2. The lowest BCUT2D eigenvalue weighted by molar-refractivity contribution is 0.0689. The van der Waals surface area contributed by atoms with Gasteiger partial charge in [-0.25, -0.2) is 0 Å². The lowest BCUT2D eigenvalue weighted by atomic mass is 10.1. The van der Waals surface area contributed by atoms with Gasteiger partial charge in [0.05, 0.1) is 11.6 Å². The molecule has 0 aliphatic carbocycles. The quantitative estimate of drug-likeness (QED) is 0.859. The van der Waals surface area contributed by atoms with E-state index in [1.54, 1.807) is 35.2 Å². The summed E-state index contributed by atoms with van der Waals surface area (Å²) < 4.78 is 11.1. The summed E-state index contributed by atoms with van der Waals surface area (Å²) in [4.78, 5) is 14.8. The molecule has 0 unspecified atom stereocenters. The molecule has 0 radical (unpaired) electrons. The highest BCUT2D eigenvalue weighted by molar-refractivity contribution is 5.95. The smallest absolute Gasteiger partial charge is 0.254 e. The van der Waals surface area contributed by atoms with Gasteiger partial charge >= 0.3 is 0 Å². The third-order valence-electron chi connectivity index (χ3n) is 4.11. The van der Waals surface area contributed by atoms with Crippen LogP contribution in [0.3, 0.4) is 0 Å². The van der Waals surface area contributed by atoms with Gasteiger partial charge in [-0.05, 0) is 49.7 Å². The van der Waals surface area contributed by atoms with Crippen LogP contribution in [-0.4, -0.2) is 30.1 Å². The van der Waals surface area contributed by atoms with E-state index in [9.17, 15) is 4.79 Å². The van der Waals surface area contributed by atoms with E-state index in [0.29, 0.717) is 42.4 Å². The van der Waals surface area contributed by atoms with Crippen molar-refractivity contribution >= 4 is 5.91 Å². The van der Waals surface area contributed by atoms with Gasteiger partial charge < -0.3 is 14.4 Å². The van der Waals surface area contributed by atoms with Crippen molar-refractivity contribution in [3.8, 4) is 17.6 Å².